The highest BCUT2D eigenvalue weighted by molar-refractivity contribution is 9.10. The monoisotopic (exact) mass is 706 g/mol. The van der Waals surface area contributed by atoms with E-state index in [9.17, 15) is 14.4 Å². The number of pyridine rings is 2. The zero-order chi connectivity index (χ0) is 33.3. The number of amides is 1. The number of rotatable bonds is 11. The summed E-state index contributed by atoms with van der Waals surface area (Å²) >= 11 is 3.48. The molecule has 244 valence electrons. The molecule has 0 bridgehead atoms. The van der Waals surface area contributed by atoms with E-state index in [1.807, 2.05) is 84.9 Å². The second kappa shape index (κ2) is 15.7. The lowest BCUT2D eigenvalue weighted by atomic mass is 9.93. The first-order valence-corrected chi connectivity index (χ1v) is 16.7. The van der Waals surface area contributed by atoms with Gasteiger partial charge in [-0.25, -0.2) is 9.78 Å². The Kier molecular flexibility index (Phi) is 10.7. The van der Waals surface area contributed by atoms with Gasteiger partial charge in [-0.3, -0.25) is 19.9 Å². The smallest absolute Gasteiger partial charge is 0.412 e. The maximum absolute atomic E-state index is 14.0. The van der Waals surface area contributed by atoms with Crippen molar-refractivity contribution in [2.24, 2.45) is 5.92 Å². The highest BCUT2D eigenvalue weighted by Crippen LogP contribution is 2.30. The van der Waals surface area contributed by atoms with Crippen LogP contribution in [0, 0.1) is 5.92 Å². The summed E-state index contributed by atoms with van der Waals surface area (Å²) in [5.41, 5.74) is 4.44. The summed E-state index contributed by atoms with van der Waals surface area (Å²) < 4.78 is 11.8. The third-order valence-electron chi connectivity index (χ3n) is 8.28. The maximum atomic E-state index is 14.0. The van der Waals surface area contributed by atoms with Crippen molar-refractivity contribution < 1.29 is 23.9 Å². The summed E-state index contributed by atoms with van der Waals surface area (Å²) in [4.78, 5) is 50.8. The van der Waals surface area contributed by atoms with Gasteiger partial charge in [-0.1, -0.05) is 82.7 Å². The second-order valence-electron chi connectivity index (χ2n) is 11.8. The molecule has 1 aliphatic rings. The van der Waals surface area contributed by atoms with E-state index in [0.29, 0.717) is 18.5 Å². The Morgan fingerprint density at radius 1 is 0.896 bits per heavy atom. The largest absolute Gasteiger partial charge is 0.461 e. The Hall–Kier alpha value is -5.09. The Morgan fingerprint density at radius 2 is 1.62 bits per heavy atom. The quantitative estimate of drug-likeness (QED) is 0.109. The third kappa shape index (κ3) is 8.63. The van der Waals surface area contributed by atoms with Crippen LogP contribution in [0.4, 0.5) is 16.2 Å². The molecular weight excluding hydrogens is 672 g/mol. The highest BCUT2D eigenvalue weighted by Gasteiger charge is 2.26. The predicted octanol–water partition coefficient (Wildman–Crippen LogP) is 7.92. The van der Waals surface area contributed by atoms with Gasteiger partial charge < -0.3 is 14.4 Å². The van der Waals surface area contributed by atoms with Crippen LogP contribution in [0.25, 0.3) is 10.9 Å². The number of benzene rings is 3. The lowest BCUT2D eigenvalue weighted by molar-refractivity contribution is -0.146. The van der Waals surface area contributed by atoms with Crippen LogP contribution in [0.2, 0.25) is 0 Å². The van der Waals surface area contributed by atoms with Gasteiger partial charge in [0.05, 0.1) is 17.6 Å². The first-order chi connectivity index (χ1) is 23.4. The Balaban J connectivity index is 1.16. The zero-order valence-electron chi connectivity index (χ0n) is 26.3. The number of ether oxygens (including phenoxy) is 2. The summed E-state index contributed by atoms with van der Waals surface area (Å²) in [6, 6.07) is 28.2. The summed E-state index contributed by atoms with van der Waals surface area (Å²) in [7, 11) is 0. The molecule has 2 aromatic heterocycles. The van der Waals surface area contributed by atoms with Crippen molar-refractivity contribution in [2.75, 3.05) is 23.3 Å². The summed E-state index contributed by atoms with van der Waals surface area (Å²) in [6.07, 6.45) is 4.90. The van der Waals surface area contributed by atoms with Crippen LogP contribution in [0.1, 0.15) is 46.4 Å². The highest BCUT2D eigenvalue weighted by atomic mass is 79.9. The third-order valence-corrected chi connectivity index (χ3v) is 8.77. The van der Waals surface area contributed by atoms with Crippen LogP contribution < -0.4 is 10.2 Å². The number of nitrogens with zero attached hydrogens (tertiary/aromatic N) is 3. The molecule has 48 heavy (non-hydrogen) atoms. The standard InChI is InChI=1S/C38H35BrN4O5/c39-31-14-13-29-19-33(42-38(46)48-25-27-10-5-2-6-11-27)37(41-32(29)21-31)35(44)20-30-22-40-16-15-34(30)43-17-7-12-28(23-43)18-36(45)47-24-26-8-3-1-4-9-26/h1-6,8-11,13-16,19,21-22,28H,7,12,17-18,20,23-25H2,(H,42,46)/t28-/m1/s1. The molecule has 10 heteroatoms. The van der Waals surface area contributed by atoms with E-state index in [1.54, 1.807) is 18.5 Å². The molecule has 1 amide bonds. The maximum Gasteiger partial charge on any atom is 0.412 e. The Bertz CT molecular complexity index is 1900. The molecule has 0 spiro atoms. The predicted molar refractivity (Wildman–Crippen MR) is 188 cm³/mol. The van der Waals surface area contributed by atoms with Crippen LogP contribution in [-0.4, -0.2) is 40.9 Å². The molecular formula is C38H35BrN4O5. The number of piperidine rings is 1. The fourth-order valence-electron chi connectivity index (χ4n) is 5.92. The van der Waals surface area contributed by atoms with E-state index in [-0.39, 0.29) is 48.7 Å². The first kappa shape index (κ1) is 32.8. The van der Waals surface area contributed by atoms with Gasteiger partial charge in [0.15, 0.2) is 5.78 Å². The molecule has 1 fully saturated rings. The molecule has 0 saturated carbocycles. The molecule has 3 aromatic carbocycles. The van der Waals surface area contributed by atoms with E-state index in [0.717, 1.165) is 51.6 Å². The average molecular weight is 708 g/mol. The van der Waals surface area contributed by atoms with Gasteiger partial charge >= 0.3 is 12.1 Å². The van der Waals surface area contributed by atoms with Crippen LogP contribution >= 0.6 is 15.9 Å². The molecule has 1 saturated heterocycles. The SMILES string of the molecule is O=C(C[C@H]1CCCN(c2ccncc2CC(=O)c2nc3cc(Br)ccc3cc2NC(=O)OCc2ccccc2)C1)OCc1ccccc1. The van der Waals surface area contributed by atoms with E-state index < -0.39 is 6.09 Å². The van der Waals surface area contributed by atoms with Crippen LogP contribution in [0.3, 0.4) is 0 Å². The summed E-state index contributed by atoms with van der Waals surface area (Å²) in [5, 5.41) is 3.51. The fourth-order valence-corrected chi connectivity index (χ4v) is 6.27. The van der Waals surface area contributed by atoms with E-state index in [2.05, 4.69) is 31.1 Å². The number of carbonyl (C=O) groups excluding carboxylic acids is 3. The number of ketones is 1. The number of hydrogen-bond acceptors (Lipinski definition) is 8. The molecule has 0 aliphatic carbocycles. The molecule has 0 radical (unpaired) electrons. The van der Waals surface area contributed by atoms with Crippen molar-refractivity contribution >= 4 is 56.1 Å². The van der Waals surface area contributed by atoms with Crippen molar-refractivity contribution in [3.63, 3.8) is 0 Å². The zero-order valence-corrected chi connectivity index (χ0v) is 27.9. The number of nitrogens with one attached hydrogen (secondary N) is 1. The number of aromatic nitrogens is 2. The van der Waals surface area contributed by atoms with Gasteiger partial charge in [0, 0.05) is 53.0 Å². The van der Waals surface area contributed by atoms with Crippen molar-refractivity contribution in [3.8, 4) is 0 Å². The minimum absolute atomic E-state index is 0.0176. The van der Waals surface area contributed by atoms with Crippen LogP contribution in [0.15, 0.2) is 108 Å². The molecule has 1 N–H and O–H groups in total. The number of Topliss-reactive ketones (excluding diaryl/α,β-unsaturated/α-hetero) is 1. The van der Waals surface area contributed by atoms with Gasteiger partial charge in [-0.05, 0) is 54.2 Å². The van der Waals surface area contributed by atoms with E-state index in [4.69, 9.17) is 14.5 Å². The van der Waals surface area contributed by atoms with Gasteiger partial charge in [0.25, 0.3) is 0 Å². The number of anilines is 2. The number of halogens is 1. The summed E-state index contributed by atoms with van der Waals surface area (Å²) in [6.45, 7) is 1.80. The minimum Gasteiger partial charge on any atom is -0.461 e. The van der Waals surface area contributed by atoms with E-state index >= 15 is 0 Å². The van der Waals surface area contributed by atoms with Gasteiger partial charge in [-0.2, -0.15) is 0 Å². The topological polar surface area (TPSA) is 111 Å². The van der Waals surface area contributed by atoms with Crippen molar-refractivity contribution in [1.29, 1.82) is 0 Å². The number of hydrogen-bond donors (Lipinski definition) is 1. The molecule has 0 unspecified atom stereocenters. The Labute approximate surface area is 287 Å². The van der Waals surface area contributed by atoms with Gasteiger partial charge in [0.2, 0.25) is 0 Å². The molecule has 5 aromatic rings. The number of esters is 1. The van der Waals surface area contributed by atoms with Crippen molar-refractivity contribution in [1.82, 2.24) is 9.97 Å². The Morgan fingerprint density at radius 3 is 2.38 bits per heavy atom. The lowest BCUT2D eigenvalue weighted by Crippen LogP contribution is -2.37. The molecule has 1 atom stereocenters. The molecule has 9 nitrogen and oxygen atoms in total. The second-order valence-corrected chi connectivity index (χ2v) is 12.7. The van der Waals surface area contributed by atoms with Crippen LogP contribution in [0.5, 0.6) is 0 Å². The normalized spacial score (nSPS) is 14.4. The molecule has 6 rings (SSSR count). The van der Waals surface area contributed by atoms with Crippen molar-refractivity contribution in [3.05, 3.63) is 130 Å². The molecule has 3 heterocycles. The number of carbonyl (C=O) groups is 3. The van der Waals surface area contributed by atoms with Crippen LogP contribution in [-0.2, 0) is 33.9 Å². The first-order valence-electron chi connectivity index (χ1n) is 15.9. The fraction of sp³-hybridized carbons (Fsp3) is 0.237. The van der Waals surface area contributed by atoms with Crippen molar-refractivity contribution in [2.45, 2.75) is 38.9 Å². The number of fused-ring (bicyclic) bond motifs is 1. The summed E-state index contributed by atoms with van der Waals surface area (Å²) in [5.74, 6) is -0.369. The average Bonchev–Trinajstić information content (AvgIpc) is 3.11. The minimum atomic E-state index is -0.685. The van der Waals surface area contributed by atoms with Gasteiger partial charge in [-0.15, -0.1) is 0 Å². The molecule has 1 aliphatic heterocycles. The van der Waals surface area contributed by atoms with Gasteiger partial charge in [0.1, 0.15) is 18.9 Å². The van der Waals surface area contributed by atoms with E-state index in [1.165, 1.54) is 0 Å². The lowest BCUT2D eigenvalue weighted by Gasteiger charge is -2.35.